The number of hydrogen-bond acceptors (Lipinski definition) is 3. The van der Waals surface area contributed by atoms with E-state index < -0.39 is 0 Å². The van der Waals surface area contributed by atoms with Crippen LogP contribution < -0.4 is 5.32 Å². The van der Waals surface area contributed by atoms with Crippen LogP contribution in [0.2, 0.25) is 0 Å². The fraction of sp³-hybridized carbons (Fsp3) is 0.238. The van der Waals surface area contributed by atoms with Crippen LogP contribution in [0.25, 0.3) is 5.69 Å². The van der Waals surface area contributed by atoms with E-state index in [0.29, 0.717) is 11.7 Å². The molecule has 0 bridgehead atoms. The number of carbonyl (C=O) groups is 1. The number of anilines is 1. The molecule has 4 nitrogen and oxygen atoms in total. The molecule has 1 amide bonds. The highest BCUT2D eigenvalue weighted by Crippen LogP contribution is 2.40. The zero-order chi connectivity index (χ0) is 17.8. The van der Waals surface area contributed by atoms with E-state index in [2.05, 4.69) is 17.4 Å². The van der Waals surface area contributed by atoms with Crippen molar-refractivity contribution in [2.75, 3.05) is 11.1 Å². The summed E-state index contributed by atoms with van der Waals surface area (Å²) < 4.78 is 1.84. The van der Waals surface area contributed by atoms with E-state index in [1.807, 2.05) is 59.3 Å². The summed E-state index contributed by atoms with van der Waals surface area (Å²) in [6.07, 6.45) is 2.37. The number of para-hydroxylation sites is 1. The van der Waals surface area contributed by atoms with Crippen LogP contribution in [0.4, 0.5) is 5.82 Å². The van der Waals surface area contributed by atoms with Crippen LogP contribution in [-0.2, 0) is 10.5 Å². The van der Waals surface area contributed by atoms with Crippen LogP contribution >= 0.6 is 11.8 Å². The Morgan fingerprint density at radius 1 is 1.08 bits per heavy atom. The number of carbonyl (C=O) groups excluding carboxylic acids is 1. The molecule has 4 rings (SSSR count). The van der Waals surface area contributed by atoms with Gasteiger partial charge in [-0.25, -0.2) is 4.68 Å². The van der Waals surface area contributed by atoms with E-state index in [-0.39, 0.29) is 5.91 Å². The summed E-state index contributed by atoms with van der Waals surface area (Å²) in [6.45, 7) is 0. The average molecular weight is 363 g/mol. The summed E-state index contributed by atoms with van der Waals surface area (Å²) in [4.78, 5) is 12.4. The Bertz CT molecular complexity index is 873. The minimum atomic E-state index is 0.00496. The smallest absolute Gasteiger partial charge is 0.235 e. The van der Waals surface area contributed by atoms with Crippen LogP contribution in [0.1, 0.15) is 30.0 Å². The van der Waals surface area contributed by atoms with Gasteiger partial charge in [0.05, 0.1) is 17.1 Å². The van der Waals surface area contributed by atoms with Gasteiger partial charge >= 0.3 is 0 Å². The molecule has 0 radical (unpaired) electrons. The minimum Gasteiger partial charge on any atom is -0.310 e. The molecule has 5 heteroatoms. The number of benzene rings is 2. The van der Waals surface area contributed by atoms with Gasteiger partial charge in [0, 0.05) is 17.7 Å². The maximum absolute atomic E-state index is 12.4. The van der Waals surface area contributed by atoms with E-state index in [4.69, 9.17) is 5.10 Å². The van der Waals surface area contributed by atoms with Crippen molar-refractivity contribution in [1.29, 1.82) is 0 Å². The fourth-order valence-corrected chi connectivity index (χ4v) is 3.64. The molecular formula is C21H21N3OS. The van der Waals surface area contributed by atoms with Gasteiger partial charge in [0.15, 0.2) is 0 Å². The number of nitrogens with one attached hydrogen (secondary N) is 1. The Morgan fingerprint density at radius 3 is 2.46 bits per heavy atom. The minimum absolute atomic E-state index is 0.00496. The van der Waals surface area contributed by atoms with E-state index in [9.17, 15) is 4.79 Å². The predicted molar refractivity (Wildman–Crippen MR) is 107 cm³/mol. The van der Waals surface area contributed by atoms with E-state index in [0.717, 1.165) is 23.0 Å². The first kappa shape index (κ1) is 16.9. The second-order valence-corrected chi connectivity index (χ2v) is 7.49. The van der Waals surface area contributed by atoms with E-state index >= 15 is 0 Å². The predicted octanol–water partition coefficient (Wildman–Crippen LogP) is 4.62. The lowest BCUT2D eigenvalue weighted by atomic mass is 10.2. The first-order valence-corrected chi connectivity index (χ1v) is 10.0. The van der Waals surface area contributed by atoms with E-state index in [1.54, 1.807) is 11.8 Å². The third kappa shape index (κ3) is 4.17. The number of nitrogens with zero attached hydrogens (tertiary/aromatic N) is 2. The molecule has 1 aliphatic rings. The van der Waals surface area contributed by atoms with Crippen LogP contribution in [0.3, 0.4) is 0 Å². The van der Waals surface area contributed by atoms with Crippen LogP contribution in [0.5, 0.6) is 0 Å². The maximum atomic E-state index is 12.4. The Hall–Kier alpha value is -2.53. The van der Waals surface area contributed by atoms with Crippen molar-refractivity contribution in [1.82, 2.24) is 9.78 Å². The van der Waals surface area contributed by atoms with Crippen LogP contribution in [-0.4, -0.2) is 21.4 Å². The largest absolute Gasteiger partial charge is 0.310 e. The molecule has 2 aromatic carbocycles. The first-order chi connectivity index (χ1) is 12.8. The van der Waals surface area contributed by atoms with Crippen molar-refractivity contribution in [3.05, 3.63) is 78.0 Å². The molecule has 3 aromatic rings. The fourth-order valence-electron chi connectivity index (χ4n) is 2.85. The molecule has 26 heavy (non-hydrogen) atoms. The monoisotopic (exact) mass is 363 g/mol. The van der Waals surface area contributed by atoms with Crippen molar-refractivity contribution >= 4 is 23.5 Å². The summed E-state index contributed by atoms with van der Waals surface area (Å²) in [6, 6.07) is 22.2. The lowest BCUT2D eigenvalue weighted by Gasteiger charge is -2.09. The zero-order valence-corrected chi connectivity index (χ0v) is 15.3. The summed E-state index contributed by atoms with van der Waals surface area (Å²) in [5, 5.41) is 7.76. The third-order valence-electron chi connectivity index (χ3n) is 4.34. The number of hydrogen-bond donors (Lipinski definition) is 1. The molecule has 0 unspecified atom stereocenters. The van der Waals surface area contributed by atoms with Gasteiger partial charge in [0.2, 0.25) is 5.91 Å². The summed E-state index contributed by atoms with van der Waals surface area (Å²) in [7, 11) is 0. The molecule has 1 saturated carbocycles. The Kier molecular flexibility index (Phi) is 5.07. The summed E-state index contributed by atoms with van der Waals surface area (Å²) in [5.41, 5.74) is 3.27. The highest BCUT2D eigenvalue weighted by molar-refractivity contribution is 7.99. The maximum Gasteiger partial charge on any atom is 0.235 e. The lowest BCUT2D eigenvalue weighted by Crippen LogP contribution is -2.17. The third-order valence-corrected chi connectivity index (χ3v) is 5.34. The molecule has 1 N–H and O–H groups in total. The van der Waals surface area contributed by atoms with Crippen LogP contribution in [0, 0.1) is 0 Å². The SMILES string of the molecule is O=C(CSCc1ccccc1)Nc1cc(C2CC2)nn1-c1ccccc1. The summed E-state index contributed by atoms with van der Waals surface area (Å²) >= 11 is 1.62. The number of rotatable bonds is 7. The molecule has 1 fully saturated rings. The first-order valence-electron chi connectivity index (χ1n) is 8.86. The lowest BCUT2D eigenvalue weighted by molar-refractivity contribution is -0.113. The molecule has 1 aromatic heterocycles. The molecule has 1 heterocycles. The van der Waals surface area contributed by atoms with Crippen molar-refractivity contribution in [3.8, 4) is 5.69 Å². The normalized spacial score (nSPS) is 13.5. The van der Waals surface area contributed by atoms with Gasteiger partial charge in [-0.3, -0.25) is 4.79 Å². The van der Waals surface area contributed by atoms with Gasteiger partial charge in [-0.1, -0.05) is 48.5 Å². The Labute approximate surface area is 157 Å². The number of thioether (sulfide) groups is 1. The standard InChI is InChI=1S/C21H21N3OS/c25-21(15-26-14-16-7-3-1-4-8-16)22-20-13-19(17-11-12-17)23-24(20)18-9-5-2-6-10-18/h1-10,13,17H,11-12,14-15H2,(H,22,25). The van der Waals surface area contributed by atoms with Gasteiger partial charge in [0.25, 0.3) is 0 Å². The molecule has 0 atom stereocenters. The van der Waals surface area contributed by atoms with Crippen LogP contribution in [0.15, 0.2) is 66.7 Å². The highest BCUT2D eigenvalue weighted by atomic mass is 32.2. The molecule has 0 spiro atoms. The highest BCUT2D eigenvalue weighted by Gasteiger charge is 2.27. The van der Waals surface area contributed by atoms with Crippen molar-refractivity contribution in [2.45, 2.75) is 24.5 Å². The van der Waals surface area contributed by atoms with Crippen molar-refractivity contribution in [2.24, 2.45) is 0 Å². The molecular weight excluding hydrogens is 342 g/mol. The Balaban J connectivity index is 1.42. The van der Waals surface area contributed by atoms with Gasteiger partial charge in [-0.15, -0.1) is 11.8 Å². The topological polar surface area (TPSA) is 46.9 Å². The van der Waals surface area contributed by atoms with Crippen molar-refractivity contribution in [3.63, 3.8) is 0 Å². The van der Waals surface area contributed by atoms with Gasteiger partial charge in [0.1, 0.15) is 5.82 Å². The van der Waals surface area contributed by atoms with Gasteiger partial charge < -0.3 is 5.32 Å². The summed E-state index contributed by atoms with van der Waals surface area (Å²) in [5.74, 6) is 2.56. The molecule has 132 valence electrons. The molecule has 0 aliphatic heterocycles. The molecule has 0 saturated heterocycles. The number of aromatic nitrogens is 2. The van der Waals surface area contributed by atoms with Gasteiger partial charge in [-0.05, 0) is 30.5 Å². The zero-order valence-electron chi connectivity index (χ0n) is 14.5. The van der Waals surface area contributed by atoms with Crippen molar-refractivity contribution < 1.29 is 4.79 Å². The molecule has 1 aliphatic carbocycles. The average Bonchev–Trinajstić information content (AvgIpc) is 3.44. The second kappa shape index (κ2) is 7.79. The quantitative estimate of drug-likeness (QED) is 0.666. The van der Waals surface area contributed by atoms with E-state index in [1.165, 1.54) is 18.4 Å². The number of amides is 1. The van der Waals surface area contributed by atoms with Gasteiger partial charge in [-0.2, -0.15) is 5.10 Å². The Morgan fingerprint density at radius 2 is 1.77 bits per heavy atom. The second-order valence-electron chi connectivity index (χ2n) is 6.50.